The molecular weight excluding hydrogens is 395 g/mol. The van der Waals surface area contributed by atoms with Gasteiger partial charge in [0.15, 0.2) is 5.01 Å². The largest absolute Gasteiger partial charge is 0.320 e. The molecule has 0 bridgehead atoms. The third-order valence-corrected chi connectivity index (χ3v) is 4.43. The highest BCUT2D eigenvalue weighted by Gasteiger charge is 2.12. The zero-order valence-corrected chi connectivity index (χ0v) is 13.9. The summed E-state index contributed by atoms with van der Waals surface area (Å²) in [4.78, 5) is 16.6. The van der Waals surface area contributed by atoms with Crippen LogP contribution in [0.25, 0.3) is 11.3 Å². The van der Waals surface area contributed by atoms with Gasteiger partial charge < -0.3 is 5.32 Å². The van der Waals surface area contributed by atoms with Crippen molar-refractivity contribution in [3.63, 3.8) is 0 Å². The zero-order chi connectivity index (χ0) is 14.7. The van der Waals surface area contributed by atoms with Crippen LogP contribution in [0.1, 0.15) is 9.80 Å². The van der Waals surface area contributed by atoms with E-state index in [2.05, 4.69) is 32.9 Å². The van der Waals surface area contributed by atoms with Crippen LogP contribution in [0.15, 0.2) is 60.0 Å². The molecule has 1 aromatic heterocycles. The van der Waals surface area contributed by atoms with Crippen LogP contribution in [0.2, 0.25) is 0 Å². The molecular formula is C16H11IN2OS. The molecule has 3 rings (SSSR count). The molecule has 0 aliphatic rings. The standard InChI is InChI=1S/C16H11IN2OS/c17-12-8-6-11(7-9-12)14-10-21-16(19-14)15(20)18-13-4-2-1-3-5-13/h1-10H,(H,18,20). The Labute approximate surface area is 140 Å². The summed E-state index contributed by atoms with van der Waals surface area (Å²) in [5.41, 5.74) is 2.62. The molecule has 0 radical (unpaired) electrons. The van der Waals surface area contributed by atoms with E-state index < -0.39 is 0 Å². The molecule has 0 atom stereocenters. The number of anilines is 1. The van der Waals surface area contributed by atoms with Gasteiger partial charge in [0, 0.05) is 20.2 Å². The Bertz CT molecular complexity index is 753. The van der Waals surface area contributed by atoms with Crippen LogP contribution in [-0.2, 0) is 0 Å². The van der Waals surface area contributed by atoms with E-state index in [0.29, 0.717) is 5.01 Å². The summed E-state index contributed by atoms with van der Waals surface area (Å²) in [6.07, 6.45) is 0. The summed E-state index contributed by atoms with van der Waals surface area (Å²) in [7, 11) is 0. The Kier molecular flexibility index (Phi) is 4.31. The number of para-hydroxylation sites is 1. The minimum absolute atomic E-state index is 0.178. The first-order valence-electron chi connectivity index (χ1n) is 6.30. The number of benzene rings is 2. The van der Waals surface area contributed by atoms with Crippen LogP contribution in [0.3, 0.4) is 0 Å². The molecule has 0 aliphatic carbocycles. The number of nitrogens with one attached hydrogen (secondary N) is 1. The van der Waals surface area contributed by atoms with E-state index in [1.54, 1.807) is 0 Å². The van der Waals surface area contributed by atoms with E-state index in [1.807, 2.05) is 60.0 Å². The molecule has 2 aromatic carbocycles. The van der Waals surface area contributed by atoms with Crippen molar-refractivity contribution in [1.29, 1.82) is 0 Å². The molecule has 104 valence electrons. The second-order valence-corrected chi connectivity index (χ2v) is 6.47. The Morgan fingerprint density at radius 1 is 1.05 bits per heavy atom. The lowest BCUT2D eigenvalue weighted by Crippen LogP contribution is -2.11. The van der Waals surface area contributed by atoms with Crippen LogP contribution < -0.4 is 5.32 Å². The topological polar surface area (TPSA) is 42.0 Å². The highest BCUT2D eigenvalue weighted by Crippen LogP contribution is 2.23. The number of aromatic nitrogens is 1. The number of thiazole rings is 1. The van der Waals surface area contributed by atoms with Crippen LogP contribution in [0.5, 0.6) is 0 Å². The van der Waals surface area contributed by atoms with Crippen LogP contribution in [0.4, 0.5) is 5.69 Å². The van der Waals surface area contributed by atoms with Gasteiger partial charge in [-0.1, -0.05) is 30.3 Å². The minimum atomic E-state index is -0.178. The first-order valence-corrected chi connectivity index (χ1v) is 8.26. The molecule has 5 heteroatoms. The second kappa shape index (κ2) is 6.36. The lowest BCUT2D eigenvalue weighted by atomic mass is 10.2. The maximum atomic E-state index is 12.1. The van der Waals surface area contributed by atoms with E-state index >= 15 is 0 Å². The van der Waals surface area contributed by atoms with Crippen LogP contribution >= 0.6 is 33.9 Å². The smallest absolute Gasteiger partial charge is 0.284 e. The van der Waals surface area contributed by atoms with Gasteiger partial charge in [0.2, 0.25) is 0 Å². The summed E-state index contributed by atoms with van der Waals surface area (Å²) >= 11 is 3.61. The second-order valence-electron chi connectivity index (χ2n) is 4.36. The molecule has 0 saturated heterocycles. The fraction of sp³-hybridized carbons (Fsp3) is 0. The van der Waals surface area contributed by atoms with Gasteiger partial charge >= 0.3 is 0 Å². The SMILES string of the molecule is O=C(Nc1ccccc1)c1nc(-c2ccc(I)cc2)cs1. The van der Waals surface area contributed by atoms with Gasteiger partial charge in [-0.3, -0.25) is 4.79 Å². The third-order valence-electron chi connectivity index (χ3n) is 2.87. The molecule has 0 spiro atoms. The highest BCUT2D eigenvalue weighted by molar-refractivity contribution is 14.1. The Hall–Kier alpha value is -1.73. The van der Waals surface area contributed by atoms with Crippen molar-refractivity contribution in [1.82, 2.24) is 4.98 Å². The summed E-state index contributed by atoms with van der Waals surface area (Å²) in [6.45, 7) is 0. The molecule has 1 amide bonds. The maximum absolute atomic E-state index is 12.1. The van der Waals surface area contributed by atoms with Crippen molar-refractivity contribution < 1.29 is 4.79 Å². The monoisotopic (exact) mass is 406 g/mol. The quantitative estimate of drug-likeness (QED) is 0.643. The lowest BCUT2D eigenvalue weighted by Gasteiger charge is -2.01. The number of nitrogens with zero attached hydrogens (tertiary/aromatic N) is 1. The maximum Gasteiger partial charge on any atom is 0.284 e. The Balaban J connectivity index is 1.78. The predicted molar refractivity (Wildman–Crippen MR) is 94.7 cm³/mol. The molecule has 1 heterocycles. The third kappa shape index (κ3) is 3.48. The van der Waals surface area contributed by atoms with Crippen molar-refractivity contribution >= 4 is 45.5 Å². The Morgan fingerprint density at radius 3 is 2.48 bits per heavy atom. The molecule has 1 N–H and O–H groups in total. The first kappa shape index (κ1) is 14.2. The zero-order valence-electron chi connectivity index (χ0n) is 10.9. The average Bonchev–Trinajstić information content (AvgIpc) is 2.99. The minimum Gasteiger partial charge on any atom is -0.320 e. The average molecular weight is 406 g/mol. The fourth-order valence-electron chi connectivity index (χ4n) is 1.84. The van der Waals surface area contributed by atoms with Crippen molar-refractivity contribution in [3.8, 4) is 11.3 Å². The van der Waals surface area contributed by atoms with Gasteiger partial charge in [0.05, 0.1) is 5.69 Å². The summed E-state index contributed by atoms with van der Waals surface area (Å²) in [6, 6.07) is 17.5. The summed E-state index contributed by atoms with van der Waals surface area (Å²) in [5, 5.41) is 5.21. The molecule has 0 saturated carbocycles. The normalized spacial score (nSPS) is 10.3. The van der Waals surface area contributed by atoms with E-state index in [1.165, 1.54) is 14.9 Å². The predicted octanol–water partition coefficient (Wildman–Crippen LogP) is 4.67. The van der Waals surface area contributed by atoms with E-state index in [9.17, 15) is 4.79 Å². The number of halogens is 1. The number of carbonyl (C=O) groups excluding carboxylic acids is 1. The van der Waals surface area contributed by atoms with Gasteiger partial charge in [-0.05, 0) is 46.9 Å². The van der Waals surface area contributed by atoms with Crippen molar-refractivity contribution in [2.75, 3.05) is 5.32 Å². The van der Waals surface area contributed by atoms with Gasteiger partial charge in [-0.2, -0.15) is 0 Å². The summed E-state index contributed by atoms with van der Waals surface area (Å²) in [5.74, 6) is -0.178. The number of rotatable bonds is 3. The molecule has 0 aliphatic heterocycles. The molecule has 3 nitrogen and oxygen atoms in total. The van der Waals surface area contributed by atoms with E-state index in [4.69, 9.17) is 0 Å². The number of hydrogen-bond acceptors (Lipinski definition) is 3. The number of hydrogen-bond donors (Lipinski definition) is 1. The molecule has 0 fully saturated rings. The van der Waals surface area contributed by atoms with E-state index in [0.717, 1.165) is 16.9 Å². The molecule has 21 heavy (non-hydrogen) atoms. The number of carbonyl (C=O) groups is 1. The fourth-order valence-corrected chi connectivity index (χ4v) is 2.92. The van der Waals surface area contributed by atoms with Gasteiger partial charge in [0.25, 0.3) is 5.91 Å². The van der Waals surface area contributed by atoms with Gasteiger partial charge in [0.1, 0.15) is 0 Å². The number of amides is 1. The molecule has 0 unspecified atom stereocenters. The molecule has 3 aromatic rings. The van der Waals surface area contributed by atoms with Crippen molar-refractivity contribution in [2.24, 2.45) is 0 Å². The van der Waals surface area contributed by atoms with Gasteiger partial charge in [-0.25, -0.2) is 4.98 Å². The van der Waals surface area contributed by atoms with Crippen molar-refractivity contribution in [3.05, 3.63) is 68.6 Å². The van der Waals surface area contributed by atoms with Crippen LogP contribution in [0, 0.1) is 3.57 Å². The summed E-state index contributed by atoms with van der Waals surface area (Å²) < 4.78 is 1.17. The first-order chi connectivity index (χ1) is 10.2. The highest BCUT2D eigenvalue weighted by atomic mass is 127. The Morgan fingerprint density at radius 2 is 1.76 bits per heavy atom. The van der Waals surface area contributed by atoms with Gasteiger partial charge in [-0.15, -0.1) is 11.3 Å². The van der Waals surface area contributed by atoms with E-state index in [-0.39, 0.29) is 5.91 Å². The van der Waals surface area contributed by atoms with Crippen molar-refractivity contribution in [2.45, 2.75) is 0 Å². The van der Waals surface area contributed by atoms with Crippen LogP contribution in [-0.4, -0.2) is 10.9 Å². The lowest BCUT2D eigenvalue weighted by molar-refractivity contribution is 0.102.